The smallest absolute Gasteiger partial charge is 0.210 e. The van der Waals surface area contributed by atoms with Gasteiger partial charge in [0, 0.05) is 0 Å². The monoisotopic (exact) mass is 290 g/mol. The summed E-state index contributed by atoms with van der Waals surface area (Å²) in [6.45, 7) is 3.76. The molecule has 0 atom stereocenters. The molecule has 0 aliphatic rings. The van der Waals surface area contributed by atoms with E-state index in [1.807, 2.05) is 0 Å². The second-order valence-electron chi connectivity index (χ2n) is 4.04. The molecule has 0 heterocycles. The molecule has 4 nitrogen and oxygen atoms in total. The van der Waals surface area contributed by atoms with Crippen molar-refractivity contribution in [2.75, 3.05) is 6.61 Å². The van der Waals surface area contributed by atoms with E-state index in [1.165, 1.54) is 30.3 Å². The highest BCUT2D eigenvalue weighted by atomic mass is 32.2. The van der Waals surface area contributed by atoms with Crippen molar-refractivity contribution >= 4 is 9.84 Å². The molecule has 104 valence electrons. The van der Waals surface area contributed by atoms with Crippen molar-refractivity contribution in [2.45, 2.75) is 9.79 Å². The highest BCUT2D eigenvalue weighted by molar-refractivity contribution is 7.91. The molecule has 0 spiro atoms. The van der Waals surface area contributed by atoms with Crippen LogP contribution in [0.1, 0.15) is 0 Å². The fourth-order valence-corrected chi connectivity index (χ4v) is 3.09. The zero-order valence-corrected chi connectivity index (χ0v) is 11.5. The largest absolute Gasteiger partial charge is 0.508 e. The van der Waals surface area contributed by atoms with Crippen LogP contribution in [0.2, 0.25) is 0 Å². The highest BCUT2D eigenvalue weighted by Gasteiger charge is 2.21. The lowest BCUT2D eigenvalue weighted by atomic mass is 10.3. The van der Waals surface area contributed by atoms with Gasteiger partial charge in [-0.3, -0.25) is 0 Å². The van der Waals surface area contributed by atoms with Crippen LogP contribution in [-0.4, -0.2) is 20.1 Å². The van der Waals surface area contributed by atoms with Crippen molar-refractivity contribution in [3.63, 3.8) is 0 Å². The minimum Gasteiger partial charge on any atom is -0.508 e. The van der Waals surface area contributed by atoms with Crippen LogP contribution in [0.5, 0.6) is 11.5 Å². The molecule has 5 heteroatoms. The number of benzene rings is 2. The van der Waals surface area contributed by atoms with Gasteiger partial charge in [0.1, 0.15) is 23.0 Å². The lowest BCUT2D eigenvalue weighted by molar-refractivity contribution is 0.353. The Kier molecular flexibility index (Phi) is 4.10. The van der Waals surface area contributed by atoms with E-state index in [1.54, 1.807) is 24.3 Å². The van der Waals surface area contributed by atoms with Gasteiger partial charge in [-0.1, -0.05) is 24.8 Å². The molecule has 1 N–H and O–H groups in total. The van der Waals surface area contributed by atoms with E-state index in [0.29, 0.717) is 0 Å². The summed E-state index contributed by atoms with van der Waals surface area (Å²) in [5, 5.41) is 9.23. The number of hydrogen-bond donors (Lipinski definition) is 1. The minimum atomic E-state index is -3.69. The second-order valence-corrected chi connectivity index (χ2v) is 5.96. The Balaban J connectivity index is 2.49. The zero-order chi connectivity index (χ0) is 14.6. The molecule has 0 radical (unpaired) electrons. The first kappa shape index (κ1) is 14.1. The summed E-state index contributed by atoms with van der Waals surface area (Å²) in [6.07, 6.45) is 1.55. The number of para-hydroxylation sites is 1. The lowest BCUT2D eigenvalue weighted by Crippen LogP contribution is -2.05. The predicted molar refractivity (Wildman–Crippen MR) is 75.7 cm³/mol. The van der Waals surface area contributed by atoms with Gasteiger partial charge in [0.2, 0.25) is 9.84 Å². The standard InChI is InChI=1S/C15H14O4S/c1-2-11-19-14-5-3-4-6-15(14)20(17,18)13-9-7-12(16)8-10-13/h2-10,16H,1,11H2. The third kappa shape index (κ3) is 2.83. The summed E-state index contributed by atoms with van der Waals surface area (Å²) < 4.78 is 30.5. The number of hydrogen-bond acceptors (Lipinski definition) is 4. The number of ether oxygens (including phenoxy) is 1. The second kappa shape index (κ2) is 5.79. The first-order chi connectivity index (χ1) is 9.55. The Morgan fingerprint density at radius 3 is 2.40 bits per heavy atom. The average molecular weight is 290 g/mol. The van der Waals surface area contributed by atoms with Gasteiger partial charge in [0.15, 0.2) is 0 Å². The Hall–Kier alpha value is -2.27. The van der Waals surface area contributed by atoms with Crippen molar-refractivity contribution in [1.82, 2.24) is 0 Å². The Morgan fingerprint density at radius 1 is 1.10 bits per heavy atom. The maximum Gasteiger partial charge on any atom is 0.210 e. The minimum absolute atomic E-state index is 0.0140. The highest BCUT2D eigenvalue weighted by Crippen LogP contribution is 2.29. The number of sulfone groups is 1. The number of rotatable bonds is 5. The van der Waals surface area contributed by atoms with Gasteiger partial charge < -0.3 is 9.84 Å². The molecule has 0 saturated heterocycles. The summed E-state index contributed by atoms with van der Waals surface area (Å²) in [5.74, 6) is 0.292. The van der Waals surface area contributed by atoms with Gasteiger partial charge in [-0.2, -0.15) is 0 Å². The quantitative estimate of drug-likeness (QED) is 0.860. The van der Waals surface area contributed by atoms with E-state index in [-0.39, 0.29) is 27.9 Å². The molecule has 0 fully saturated rings. The Morgan fingerprint density at radius 2 is 1.75 bits per heavy atom. The van der Waals surface area contributed by atoms with E-state index in [2.05, 4.69) is 6.58 Å². The normalized spacial score (nSPS) is 11.0. The van der Waals surface area contributed by atoms with Crippen LogP contribution >= 0.6 is 0 Å². The maximum absolute atomic E-state index is 12.5. The van der Waals surface area contributed by atoms with Crippen molar-refractivity contribution in [3.8, 4) is 11.5 Å². The van der Waals surface area contributed by atoms with Crippen LogP contribution in [0.15, 0.2) is 71.0 Å². The van der Waals surface area contributed by atoms with Crippen LogP contribution < -0.4 is 4.74 Å². The third-order valence-corrected chi connectivity index (χ3v) is 4.45. The molecule has 2 aromatic rings. The molecular weight excluding hydrogens is 276 g/mol. The van der Waals surface area contributed by atoms with Crippen LogP contribution in [0.25, 0.3) is 0 Å². The van der Waals surface area contributed by atoms with E-state index in [4.69, 9.17) is 4.74 Å². The van der Waals surface area contributed by atoms with E-state index >= 15 is 0 Å². The van der Waals surface area contributed by atoms with E-state index < -0.39 is 9.84 Å². The Labute approximate surface area is 117 Å². The topological polar surface area (TPSA) is 63.6 Å². The van der Waals surface area contributed by atoms with Crippen LogP contribution in [0, 0.1) is 0 Å². The molecule has 0 amide bonds. The van der Waals surface area contributed by atoms with Crippen molar-refractivity contribution in [2.24, 2.45) is 0 Å². The Bertz CT molecular complexity index is 703. The van der Waals surface area contributed by atoms with Gasteiger partial charge >= 0.3 is 0 Å². The SMILES string of the molecule is C=CCOc1ccccc1S(=O)(=O)c1ccc(O)cc1. The van der Waals surface area contributed by atoms with Crippen LogP contribution in [0.3, 0.4) is 0 Å². The molecule has 20 heavy (non-hydrogen) atoms. The fraction of sp³-hybridized carbons (Fsp3) is 0.0667. The molecule has 0 saturated carbocycles. The number of phenols is 1. The molecule has 0 bridgehead atoms. The molecule has 2 aromatic carbocycles. The number of aromatic hydroxyl groups is 1. The molecular formula is C15H14O4S. The van der Waals surface area contributed by atoms with Gasteiger partial charge in [-0.25, -0.2) is 8.42 Å². The summed E-state index contributed by atoms with van der Waals surface area (Å²) in [6, 6.07) is 11.8. The van der Waals surface area contributed by atoms with Crippen molar-refractivity contribution in [1.29, 1.82) is 0 Å². The van der Waals surface area contributed by atoms with Gasteiger partial charge in [0.05, 0.1) is 4.90 Å². The first-order valence-corrected chi connectivity index (χ1v) is 7.41. The van der Waals surface area contributed by atoms with E-state index in [9.17, 15) is 13.5 Å². The van der Waals surface area contributed by atoms with Gasteiger partial charge in [0.25, 0.3) is 0 Å². The molecule has 0 aromatic heterocycles. The fourth-order valence-electron chi connectivity index (χ4n) is 1.69. The summed E-state index contributed by atoms with van der Waals surface area (Å²) in [4.78, 5) is 0.192. The number of phenolic OH excluding ortho intramolecular Hbond substituents is 1. The van der Waals surface area contributed by atoms with Crippen LogP contribution in [0.4, 0.5) is 0 Å². The summed E-state index contributed by atoms with van der Waals surface area (Å²) in [7, 11) is -3.69. The van der Waals surface area contributed by atoms with Gasteiger partial charge in [-0.05, 0) is 36.4 Å². The molecule has 0 aliphatic carbocycles. The summed E-state index contributed by atoms with van der Waals surface area (Å²) >= 11 is 0. The third-order valence-electron chi connectivity index (χ3n) is 2.64. The van der Waals surface area contributed by atoms with Crippen LogP contribution in [-0.2, 0) is 9.84 Å². The zero-order valence-electron chi connectivity index (χ0n) is 10.7. The average Bonchev–Trinajstić information content (AvgIpc) is 2.46. The molecule has 0 aliphatic heterocycles. The van der Waals surface area contributed by atoms with Gasteiger partial charge in [-0.15, -0.1) is 0 Å². The van der Waals surface area contributed by atoms with E-state index in [0.717, 1.165) is 0 Å². The van der Waals surface area contributed by atoms with Crippen molar-refractivity contribution < 1.29 is 18.3 Å². The molecule has 2 rings (SSSR count). The van der Waals surface area contributed by atoms with Crippen molar-refractivity contribution in [3.05, 3.63) is 61.2 Å². The summed E-state index contributed by atoms with van der Waals surface area (Å²) in [5.41, 5.74) is 0. The lowest BCUT2D eigenvalue weighted by Gasteiger charge is -2.10. The molecule has 0 unspecified atom stereocenters. The predicted octanol–water partition coefficient (Wildman–Crippen LogP) is 2.79. The maximum atomic E-state index is 12.5. The first-order valence-electron chi connectivity index (χ1n) is 5.92.